The third-order valence-corrected chi connectivity index (χ3v) is 8.57. The summed E-state index contributed by atoms with van der Waals surface area (Å²) in [7, 11) is -6.28. The monoisotopic (exact) mass is 517 g/mol. The molecule has 1 aliphatic rings. The molecule has 0 aliphatic carbocycles. The lowest BCUT2D eigenvalue weighted by Crippen LogP contribution is -2.28. The summed E-state index contributed by atoms with van der Waals surface area (Å²) >= 11 is 0. The quantitative estimate of drug-likeness (QED) is 0.463. The molecule has 2 aromatic carbocycles. The van der Waals surface area contributed by atoms with Crippen LogP contribution in [0.25, 0.3) is 0 Å². The Morgan fingerprint density at radius 3 is 2.20 bits per heavy atom. The molecule has 2 heterocycles. The van der Waals surface area contributed by atoms with Gasteiger partial charge in [0.25, 0.3) is 15.9 Å². The third-order valence-electron chi connectivity index (χ3n) is 5.33. The molecular weight excluding hydrogens is 494 g/mol. The Kier molecular flexibility index (Phi) is 7.00. The Bertz CT molecular complexity index is 1420. The van der Waals surface area contributed by atoms with Crippen molar-refractivity contribution in [3.63, 3.8) is 0 Å². The molecule has 13 heteroatoms. The number of ether oxygens (including phenoxy) is 1. The minimum absolute atomic E-state index is 0.000923. The van der Waals surface area contributed by atoms with E-state index >= 15 is 0 Å². The summed E-state index contributed by atoms with van der Waals surface area (Å²) in [6, 6.07) is 11.1. The van der Waals surface area contributed by atoms with Gasteiger partial charge in [-0.1, -0.05) is 0 Å². The number of methoxy groups -OCH3 is 1. The first-order chi connectivity index (χ1) is 16.7. The van der Waals surface area contributed by atoms with Gasteiger partial charge < -0.3 is 10.1 Å². The number of anilines is 2. The number of hydrogen-bond donors (Lipinski definition) is 2. The molecule has 1 aromatic heterocycles. The lowest BCUT2D eigenvalue weighted by molar-refractivity contribution is 0.102. The lowest BCUT2D eigenvalue weighted by atomic mass is 10.2. The van der Waals surface area contributed by atoms with Gasteiger partial charge >= 0.3 is 0 Å². The zero-order chi connectivity index (χ0) is 25.1. The molecule has 0 atom stereocenters. The number of amides is 1. The number of rotatable bonds is 8. The van der Waals surface area contributed by atoms with Gasteiger partial charge in [0.2, 0.25) is 16.0 Å². The summed E-state index contributed by atoms with van der Waals surface area (Å²) in [4.78, 5) is 20.6. The molecule has 4 rings (SSSR count). The van der Waals surface area contributed by atoms with Crippen LogP contribution >= 0.6 is 0 Å². The molecule has 1 amide bonds. The Labute approximate surface area is 203 Å². The third kappa shape index (κ3) is 5.42. The molecule has 184 valence electrons. The van der Waals surface area contributed by atoms with E-state index in [0.29, 0.717) is 18.8 Å². The van der Waals surface area contributed by atoms with E-state index in [0.717, 1.165) is 12.8 Å². The van der Waals surface area contributed by atoms with Crippen molar-refractivity contribution in [2.45, 2.75) is 22.6 Å². The first-order valence-corrected chi connectivity index (χ1v) is 13.5. The van der Waals surface area contributed by atoms with Crippen LogP contribution in [-0.4, -0.2) is 57.2 Å². The Morgan fingerprint density at radius 1 is 0.943 bits per heavy atom. The van der Waals surface area contributed by atoms with Crippen LogP contribution < -0.4 is 14.8 Å². The van der Waals surface area contributed by atoms with Crippen molar-refractivity contribution in [2.24, 2.45) is 0 Å². The predicted octanol–water partition coefficient (Wildman–Crippen LogP) is 2.32. The van der Waals surface area contributed by atoms with Crippen molar-refractivity contribution in [1.29, 1.82) is 0 Å². The number of carbonyl (C=O) groups is 1. The molecule has 0 saturated carbocycles. The van der Waals surface area contributed by atoms with Crippen LogP contribution in [0.5, 0.6) is 5.75 Å². The normalized spacial score (nSPS) is 14.4. The average molecular weight is 518 g/mol. The first kappa shape index (κ1) is 24.6. The van der Waals surface area contributed by atoms with Gasteiger partial charge in [0, 0.05) is 31.2 Å². The highest BCUT2D eigenvalue weighted by atomic mass is 32.2. The van der Waals surface area contributed by atoms with Gasteiger partial charge in [0.05, 0.1) is 22.5 Å². The topological polar surface area (TPSA) is 148 Å². The fourth-order valence-corrected chi connectivity index (χ4v) is 6.05. The number of nitrogens with one attached hydrogen (secondary N) is 2. The van der Waals surface area contributed by atoms with Crippen LogP contribution in [-0.2, 0) is 20.0 Å². The molecule has 11 nitrogen and oxygen atoms in total. The zero-order valence-electron chi connectivity index (χ0n) is 18.7. The van der Waals surface area contributed by atoms with Gasteiger partial charge in [-0.25, -0.2) is 31.5 Å². The van der Waals surface area contributed by atoms with Crippen molar-refractivity contribution >= 4 is 37.6 Å². The van der Waals surface area contributed by atoms with Gasteiger partial charge in [0.1, 0.15) is 5.75 Å². The second kappa shape index (κ2) is 9.98. The second-order valence-electron chi connectivity index (χ2n) is 7.63. The second-order valence-corrected chi connectivity index (χ2v) is 11.3. The number of benzene rings is 2. The molecule has 1 aliphatic heterocycles. The summed E-state index contributed by atoms with van der Waals surface area (Å²) in [6.45, 7) is 0.882. The van der Waals surface area contributed by atoms with E-state index in [-0.39, 0.29) is 27.1 Å². The minimum atomic E-state index is -3.93. The number of aromatic nitrogens is 2. The van der Waals surface area contributed by atoms with Gasteiger partial charge in [0.15, 0.2) is 0 Å². The van der Waals surface area contributed by atoms with Crippen LogP contribution in [0, 0.1) is 0 Å². The van der Waals surface area contributed by atoms with Crippen LogP contribution in [0.15, 0.2) is 70.7 Å². The highest BCUT2D eigenvalue weighted by Crippen LogP contribution is 2.27. The summed E-state index contributed by atoms with van der Waals surface area (Å²) in [6.07, 6.45) is 4.40. The van der Waals surface area contributed by atoms with Gasteiger partial charge in [-0.2, -0.15) is 4.31 Å². The molecule has 0 radical (unpaired) electrons. The number of hydrogen-bond acceptors (Lipinski definition) is 8. The van der Waals surface area contributed by atoms with Crippen molar-refractivity contribution in [3.05, 3.63) is 66.5 Å². The summed E-state index contributed by atoms with van der Waals surface area (Å²) < 4.78 is 59.8. The molecule has 0 bridgehead atoms. The van der Waals surface area contributed by atoms with E-state index < -0.39 is 26.0 Å². The van der Waals surface area contributed by atoms with Crippen molar-refractivity contribution in [2.75, 3.05) is 30.2 Å². The Balaban J connectivity index is 1.53. The standard InChI is InChI=1S/C22H23N5O6S2/c1-33-20-10-9-18(35(31,32)27-13-2-3-14-27)15-19(20)21(28)25-16-5-7-17(8-6-16)34(29,30)26-22-23-11-4-12-24-22/h4-12,15H,2-3,13-14H2,1H3,(H,25,28)(H,23,24,26). The zero-order valence-corrected chi connectivity index (χ0v) is 20.3. The van der Waals surface area contributed by atoms with Crippen LogP contribution in [0.2, 0.25) is 0 Å². The predicted molar refractivity (Wildman–Crippen MR) is 128 cm³/mol. The van der Waals surface area contributed by atoms with E-state index in [4.69, 9.17) is 4.74 Å². The Hall–Kier alpha value is -3.55. The van der Waals surface area contributed by atoms with E-state index in [1.165, 1.54) is 66.3 Å². The fourth-order valence-electron chi connectivity index (χ4n) is 3.55. The van der Waals surface area contributed by atoms with E-state index in [1.807, 2.05) is 0 Å². The highest BCUT2D eigenvalue weighted by molar-refractivity contribution is 7.92. The van der Waals surface area contributed by atoms with E-state index in [2.05, 4.69) is 20.0 Å². The van der Waals surface area contributed by atoms with Crippen LogP contribution in [0.4, 0.5) is 11.6 Å². The Morgan fingerprint density at radius 2 is 1.57 bits per heavy atom. The molecule has 0 spiro atoms. The first-order valence-electron chi connectivity index (χ1n) is 10.6. The maximum Gasteiger partial charge on any atom is 0.264 e. The molecule has 35 heavy (non-hydrogen) atoms. The van der Waals surface area contributed by atoms with Gasteiger partial charge in [-0.15, -0.1) is 0 Å². The van der Waals surface area contributed by atoms with Crippen LogP contribution in [0.3, 0.4) is 0 Å². The number of nitrogens with zero attached hydrogens (tertiary/aromatic N) is 3. The largest absolute Gasteiger partial charge is 0.496 e. The van der Waals surface area contributed by atoms with E-state index in [9.17, 15) is 21.6 Å². The molecule has 1 fully saturated rings. The van der Waals surface area contributed by atoms with Gasteiger partial charge in [-0.05, 0) is 61.4 Å². The summed E-state index contributed by atoms with van der Waals surface area (Å²) in [5.41, 5.74) is 0.340. The molecule has 3 aromatic rings. The van der Waals surface area contributed by atoms with Gasteiger partial charge in [-0.3, -0.25) is 4.79 Å². The molecule has 1 saturated heterocycles. The smallest absolute Gasteiger partial charge is 0.264 e. The SMILES string of the molecule is COc1ccc(S(=O)(=O)N2CCCC2)cc1C(=O)Nc1ccc(S(=O)(=O)Nc2ncccn2)cc1. The molecular formula is C22H23N5O6S2. The maximum absolute atomic E-state index is 13.0. The van der Waals surface area contributed by atoms with Crippen molar-refractivity contribution in [1.82, 2.24) is 14.3 Å². The average Bonchev–Trinajstić information content (AvgIpc) is 3.40. The fraction of sp³-hybridized carbons (Fsp3) is 0.227. The minimum Gasteiger partial charge on any atom is -0.496 e. The summed E-state index contributed by atoms with van der Waals surface area (Å²) in [5.74, 6) is -0.471. The molecule has 0 unspecified atom stereocenters. The number of carbonyl (C=O) groups excluding carboxylic acids is 1. The highest BCUT2D eigenvalue weighted by Gasteiger charge is 2.28. The van der Waals surface area contributed by atoms with Crippen molar-refractivity contribution in [3.8, 4) is 5.75 Å². The number of sulfonamides is 2. The van der Waals surface area contributed by atoms with Crippen LogP contribution in [0.1, 0.15) is 23.2 Å². The maximum atomic E-state index is 13.0. The molecule has 2 N–H and O–H groups in total. The van der Waals surface area contributed by atoms with Crippen molar-refractivity contribution < 1.29 is 26.4 Å². The van der Waals surface area contributed by atoms with E-state index in [1.54, 1.807) is 6.07 Å². The lowest BCUT2D eigenvalue weighted by Gasteiger charge is -2.17. The summed E-state index contributed by atoms with van der Waals surface area (Å²) in [5, 5.41) is 2.64.